The topological polar surface area (TPSA) is 53.6 Å². The molecular formula is C25H37Cl2N3O2. The molecule has 1 saturated heterocycles. The Bertz CT molecular complexity index is 795. The lowest BCUT2D eigenvalue weighted by molar-refractivity contribution is 0.0346. The summed E-state index contributed by atoms with van der Waals surface area (Å²) in [6, 6.07) is 4.56. The second kappa shape index (κ2) is 10.4. The van der Waals surface area contributed by atoms with Crippen LogP contribution in [0.15, 0.2) is 12.1 Å². The van der Waals surface area contributed by atoms with Crippen LogP contribution in [0.4, 0.5) is 5.69 Å². The van der Waals surface area contributed by atoms with Crippen molar-refractivity contribution in [2.24, 2.45) is 17.8 Å². The molecule has 1 aromatic rings. The summed E-state index contributed by atoms with van der Waals surface area (Å²) in [5.74, 6) is 2.99. The maximum atomic E-state index is 13.1. The van der Waals surface area contributed by atoms with Crippen LogP contribution < -0.4 is 15.4 Å². The van der Waals surface area contributed by atoms with E-state index < -0.39 is 0 Å². The fourth-order valence-electron chi connectivity index (χ4n) is 6.29. The maximum absolute atomic E-state index is 13.1. The molecule has 32 heavy (non-hydrogen) atoms. The number of anilines is 1. The van der Waals surface area contributed by atoms with Gasteiger partial charge in [0.2, 0.25) is 0 Å². The summed E-state index contributed by atoms with van der Waals surface area (Å²) < 4.78 is 5.55. The monoisotopic (exact) mass is 481 g/mol. The van der Waals surface area contributed by atoms with Crippen LogP contribution in [0.1, 0.15) is 68.1 Å². The highest BCUT2D eigenvalue weighted by Gasteiger charge is 2.42. The first-order valence-electron chi connectivity index (χ1n) is 12.3. The van der Waals surface area contributed by atoms with E-state index in [0.717, 1.165) is 55.5 Å². The average molecular weight is 482 g/mol. The predicted molar refractivity (Wildman–Crippen MR) is 132 cm³/mol. The first-order valence-corrected chi connectivity index (χ1v) is 12.7. The summed E-state index contributed by atoms with van der Waals surface area (Å²) >= 11 is 6.50. The fourth-order valence-corrected chi connectivity index (χ4v) is 6.52. The summed E-state index contributed by atoms with van der Waals surface area (Å²) in [6.07, 6.45) is 12.0. The van der Waals surface area contributed by atoms with Crippen molar-refractivity contribution in [3.8, 4) is 5.75 Å². The van der Waals surface area contributed by atoms with Gasteiger partial charge < -0.3 is 15.4 Å². The molecular weight excluding hydrogens is 445 g/mol. The lowest BCUT2D eigenvalue weighted by Crippen LogP contribution is -2.50. The number of carbonyl (C=O) groups excluding carboxylic acids is 1. The summed E-state index contributed by atoms with van der Waals surface area (Å²) in [7, 11) is 1.61. The smallest absolute Gasteiger partial charge is 0.255 e. The van der Waals surface area contributed by atoms with Gasteiger partial charge in [-0.05, 0) is 68.8 Å². The van der Waals surface area contributed by atoms with Gasteiger partial charge in [0.05, 0.1) is 23.4 Å². The quantitative estimate of drug-likeness (QED) is 0.549. The van der Waals surface area contributed by atoms with Gasteiger partial charge in [0.25, 0.3) is 5.91 Å². The van der Waals surface area contributed by atoms with E-state index in [1.54, 1.807) is 13.2 Å². The number of rotatable bonds is 7. The van der Waals surface area contributed by atoms with Gasteiger partial charge in [-0.2, -0.15) is 0 Å². The molecule has 5 nitrogen and oxygen atoms in total. The third-order valence-electron chi connectivity index (χ3n) is 8.05. The van der Waals surface area contributed by atoms with Gasteiger partial charge in [-0.15, -0.1) is 12.4 Å². The van der Waals surface area contributed by atoms with Gasteiger partial charge in [-0.3, -0.25) is 9.69 Å². The minimum atomic E-state index is -0.0804. The molecule has 5 rings (SSSR count). The molecule has 0 radical (unpaired) electrons. The summed E-state index contributed by atoms with van der Waals surface area (Å²) in [5.41, 5.74) is 1.37. The van der Waals surface area contributed by atoms with Crippen molar-refractivity contribution in [1.29, 1.82) is 0 Å². The van der Waals surface area contributed by atoms with E-state index in [0.29, 0.717) is 16.3 Å². The number of likely N-dealkylation sites (tertiary alicyclic amines) is 1. The van der Waals surface area contributed by atoms with Gasteiger partial charge in [-0.25, -0.2) is 0 Å². The first-order chi connectivity index (χ1) is 15.1. The SMILES string of the molecule is COc1cc(NCC2CC2)c(Cl)cc1C(=O)NC1CCN(C2C3CCCC2CCC3)C1.Cl. The highest BCUT2D eigenvalue weighted by molar-refractivity contribution is 6.33. The molecule has 3 aliphatic carbocycles. The zero-order valence-corrected chi connectivity index (χ0v) is 20.6. The third-order valence-corrected chi connectivity index (χ3v) is 8.37. The lowest BCUT2D eigenvalue weighted by Gasteiger charge is -2.47. The van der Waals surface area contributed by atoms with Crippen molar-refractivity contribution in [3.05, 3.63) is 22.7 Å². The van der Waals surface area contributed by atoms with E-state index in [-0.39, 0.29) is 24.4 Å². The second-order valence-corrected chi connectivity index (χ2v) is 10.6. The Hall–Kier alpha value is -1.17. The van der Waals surface area contributed by atoms with E-state index in [2.05, 4.69) is 15.5 Å². The fraction of sp³-hybridized carbons (Fsp3) is 0.720. The number of benzene rings is 1. The molecule has 3 saturated carbocycles. The van der Waals surface area contributed by atoms with Gasteiger partial charge in [0.1, 0.15) is 5.75 Å². The number of nitrogens with one attached hydrogen (secondary N) is 2. The zero-order chi connectivity index (χ0) is 21.4. The Morgan fingerprint density at radius 1 is 1.09 bits per heavy atom. The molecule has 2 bridgehead atoms. The van der Waals surface area contributed by atoms with Gasteiger partial charge in [0, 0.05) is 37.8 Å². The van der Waals surface area contributed by atoms with Crippen LogP contribution in [-0.4, -0.2) is 49.6 Å². The van der Waals surface area contributed by atoms with Gasteiger partial charge >= 0.3 is 0 Å². The first kappa shape index (κ1) is 24.0. The van der Waals surface area contributed by atoms with Crippen LogP contribution in [-0.2, 0) is 0 Å². The number of ether oxygens (including phenoxy) is 1. The Labute approximate surface area is 203 Å². The van der Waals surface area contributed by atoms with Crippen molar-refractivity contribution in [2.75, 3.05) is 32.1 Å². The molecule has 1 aliphatic heterocycles. The van der Waals surface area contributed by atoms with Crippen LogP contribution in [0, 0.1) is 17.8 Å². The van der Waals surface area contributed by atoms with Crippen LogP contribution in [0.5, 0.6) is 5.75 Å². The molecule has 1 aromatic carbocycles. The number of hydrogen-bond acceptors (Lipinski definition) is 4. The Morgan fingerprint density at radius 3 is 2.41 bits per heavy atom. The summed E-state index contributed by atoms with van der Waals surface area (Å²) in [6.45, 7) is 3.00. The maximum Gasteiger partial charge on any atom is 0.255 e. The van der Waals surface area contributed by atoms with Crippen molar-refractivity contribution < 1.29 is 9.53 Å². The molecule has 1 heterocycles. The largest absolute Gasteiger partial charge is 0.496 e. The van der Waals surface area contributed by atoms with E-state index in [1.165, 1.54) is 51.4 Å². The molecule has 1 amide bonds. The van der Waals surface area contributed by atoms with Crippen LogP contribution in [0.2, 0.25) is 5.02 Å². The number of nitrogens with zero attached hydrogens (tertiary/aromatic N) is 1. The van der Waals surface area contributed by atoms with E-state index in [1.807, 2.05) is 6.07 Å². The molecule has 0 aromatic heterocycles. The van der Waals surface area contributed by atoms with Crippen molar-refractivity contribution >= 4 is 35.6 Å². The Kier molecular flexibility index (Phi) is 7.79. The zero-order valence-electron chi connectivity index (χ0n) is 19.1. The van der Waals surface area contributed by atoms with Crippen LogP contribution in [0.25, 0.3) is 0 Å². The van der Waals surface area contributed by atoms with Crippen molar-refractivity contribution in [1.82, 2.24) is 10.2 Å². The van der Waals surface area contributed by atoms with Gasteiger partial charge in [0.15, 0.2) is 0 Å². The molecule has 1 atom stereocenters. The van der Waals surface area contributed by atoms with E-state index in [4.69, 9.17) is 16.3 Å². The molecule has 1 unspecified atom stereocenters. The van der Waals surface area contributed by atoms with Gasteiger partial charge in [-0.1, -0.05) is 24.4 Å². The molecule has 7 heteroatoms. The predicted octanol–water partition coefficient (Wildman–Crippen LogP) is 5.37. The minimum Gasteiger partial charge on any atom is -0.496 e. The van der Waals surface area contributed by atoms with Crippen LogP contribution >= 0.6 is 24.0 Å². The highest BCUT2D eigenvalue weighted by atomic mass is 35.5. The molecule has 4 aliphatic rings. The Balaban J connectivity index is 0.00000245. The average Bonchev–Trinajstić information content (AvgIpc) is 3.48. The van der Waals surface area contributed by atoms with E-state index in [9.17, 15) is 4.79 Å². The molecule has 4 fully saturated rings. The van der Waals surface area contributed by atoms with Crippen LogP contribution in [0.3, 0.4) is 0 Å². The van der Waals surface area contributed by atoms with Crippen molar-refractivity contribution in [3.63, 3.8) is 0 Å². The third kappa shape index (κ3) is 5.15. The number of hydrogen-bond donors (Lipinski definition) is 2. The number of fused-ring (bicyclic) bond motifs is 2. The number of carbonyl (C=O) groups is 1. The molecule has 2 N–H and O–H groups in total. The number of methoxy groups -OCH3 is 1. The standard InChI is InChI=1S/C25H36ClN3O2.ClH/c1-31-23-13-22(27-14-16-8-9-16)21(26)12-20(23)25(30)28-19-10-11-29(15-19)24-17-4-2-5-18(24)7-3-6-17;/h12-13,16-19,24,27H,2-11,14-15H2,1H3,(H,28,30);1H. The number of halogens is 2. The van der Waals surface area contributed by atoms with Crippen molar-refractivity contribution in [2.45, 2.75) is 69.9 Å². The summed E-state index contributed by atoms with van der Waals surface area (Å²) in [5, 5.41) is 7.25. The van der Waals surface area contributed by atoms with E-state index >= 15 is 0 Å². The summed E-state index contributed by atoms with van der Waals surface area (Å²) in [4.78, 5) is 15.8. The number of amides is 1. The Morgan fingerprint density at radius 2 is 1.78 bits per heavy atom. The molecule has 178 valence electrons. The minimum absolute atomic E-state index is 0. The second-order valence-electron chi connectivity index (χ2n) is 10.2. The highest BCUT2D eigenvalue weighted by Crippen LogP contribution is 2.43. The lowest BCUT2D eigenvalue weighted by atomic mass is 9.68. The normalized spacial score (nSPS) is 29.8. The molecule has 0 spiro atoms.